The maximum absolute atomic E-state index is 15.2. The van der Waals surface area contributed by atoms with Crippen molar-refractivity contribution in [1.82, 2.24) is 0 Å². The van der Waals surface area contributed by atoms with E-state index in [1.165, 1.54) is 6.07 Å². The van der Waals surface area contributed by atoms with Crippen LogP contribution in [0.1, 0.15) is 29.5 Å². The zero-order valence-corrected chi connectivity index (χ0v) is 20.2. The van der Waals surface area contributed by atoms with Gasteiger partial charge in [0, 0.05) is 31.4 Å². The van der Waals surface area contributed by atoms with Gasteiger partial charge in [-0.1, -0.05) is 36.4 Å². The number of rotatable bonds is 11. The van der Waals surface area contributed by atoms with Crippen molar-refractivity contribution in [3.8, 4) is 5.75 Å². The molecule has 1 heterocycles. The molecule has 3 aromatic rings. The Balaban J connectivity index is 1.33. The first-order chi connectivity index (χ1) is 17.4. The minimum Gasteiger partial charge on any atom is -0.432 e. The lowest BCUT2D eigenvalue weighted by Crippen LogP contribution is -2.32. The molecule has 0 amide bonds. The second-order valence-electron chi connectivity index (χ2n) is 9.02. The van der Waals surface area contributed by atoms with Gasteiger partial charge in [-0.3, -0.25) is 0 Å². The van der Waals surface area contributed by atoms with Gasteiger partial charge in [0.2, 0.25) is 0 Å². The van der Waals surface area contributed by atoms with Crippen LogP contribution in [0.5, 0.6) is 5.75 Å². The third-order valence-electron chi connectivity index (χ3n) is 6.43. The van der Waals surface area contributed by atoms with Crippen LogP contribution in [0.2, 0.25) is 0 Å². The summed E-state index contributed by atoms with van der Waals surface area (Å²) in [4.78, 5) is 0. The molecule has 0 aromatic heterocycles. The summed E-state index contributed by atoms with van der Waals surface area (Å²) in [5, 5.41) is 1.33. The van der Waals surface area contributed by atoms with Gasteiger partial charge < -0.3 is 18.9 Å². The van der Waals surface area contributed by atoms with Gasteiger partial charge in [0.05, 0.1) is 13.2 Å². The fourth-order valence-electron chi connectivity index (χ4n) is 4.39. The number of hydrogen-bond donors (Lipinski definition) is 0. The summed E-state index contributed by atoms with van der Waals surface area (Å²) >= 11 is 0. The lowest BCUT2D eigenvalue weighted by atomic mass is 9.98. The highest BCUT2D eigenvalue weighted by Gasteiger charge is 2.22. The van der Waals surface area contributed by atoms with Gasteiger partial charge in [0.25, 0.3) is 0 Å². The second kappa shape index (κ2) is 12.5. The van der Waals surface area contributed by atoms with E-state index in [4.69, 9.17) is 14.2 Å². The molecule has 0 spiro atoms. The number of benzene rings is 3. The molecule has 8 heteroatoms. The lowest BCUT2D eigenvalue weighted by molar-refractivity contribution is -0.204. The van der Waals surface area contributed by atoms with Crippen LogP contribution in [0.25, 0.3) is 10.8 Å². The molecule has 4 nitrogen and oxygen atoms in total. The molecule has 3 aromatic carbocycles. The van der Waals surface area contributed by atoms with Crippen molar-refractivity contribution in [3.63, 3.8) is 0 Å². The van der Waals surface area contributed by atoms with Crippen molar-refractivity contribution < 1.29 is 36.5 Å². The van der Waals surface area contributed by atoms with E-state index in [0.717, 1.165) is 42.3 Å². The van der Waals surface area contributed by atoms with Gasteiger partial charge in [-0.25, -0.2) is 8.78 Å². The maximum Gasteiger partial charge on any atom is 0.387 e. The Morgan fingerprint density at radius 2 is 1.64 bits per heavy atom. The summed E-state index contributed by atoms with van der Waals surface area (Å²) in [6, 6.07) is 13.1. The Morgan fingerprint density at radius 3 is 2.36 bits per heavy atom. The molecule has 36 heavy (non-hydrogen) atoms. The largest absolute Gasteiger partial charge is 0.432 e. The Kier molecular flexibility index (Phi) is 9.18. The zero-order valence-electron chi connectivity index (χ0n) is 20.2. The van der Waals surface area contributed by atoms with Gasteiger partial charge >= 0.3 is 6.61 Å². The van der Waals surface area contributed by atoms with Crippen molar-refractivity contribution in [2.75, 3.05) is 26.9 Å². The molecular weight excluding hydrogens is 476 g/mol. The summed E-state index contributed by atoms with van der Waals surface area (Å²) in [5.41, 5.74) is 2.15. The van der Waals surface area contributed by atoms with Crippen molar-refractivity contribution >= 4 is 10.8 Å². The summed E-state index contributed by atoms with van der Waals surface area (Å²) in [6.45, 7) is -1.06. The van der Waals surface area contributed by atoms with Crippen molar-refractivity contribution in [2.24, 2.45) is 5.92 Å². The Labute approximate surface area is 208 Å². The minimum absolute atomic E-state index is 0.237. The minimum atomic E-state index is -3.09. The standard InChI is InChI=1S/C28H30F4O4/c1-33-13-12-20-16-34-26(35-17-20)11-5-18-3-9-23-22(14-18)8-7-21(27(23)30)6-2-19-4-10-25(24(29)15-19)36-28(31)32/h3-4,7-10,14-15,20,26,28H,2,5-6,11-13,16-17H2,1H3. The van der Waals surface area contributed by atoms with Gasteiger partial charge in [0.15, 0.2) is 17.9 Å². The number of aryl methyl sites for hydroxylation is 3. The summed E-state index contributed by atoms with van der Waals surface area (Å²) in [7, 11) is 1.68. The molecule has 1 saturated heterocycles. The molecule has 194 valence electrons. The molecule has 0 aliphatic carbocycles. The number of hydrogen-bond acceptors (Lipinski definition) is 4. The summed E-state index contributed by atoms with van der Waals surface area (Å²) in [6.07, 6.45) is 2.87. The summed E-state index contributed by atoms with van der Waals surface area (Å²) in [5.74, 6) is -1.32. The van der Waals surface area contributed by atoms with Crippen LogP contribution in [-0.2, 0) is 33.5 Å². The highest BCUT2D eigenvalue weighted by Crippen LogP contribution is 2.26. The number of halogens is 4. The van der Waals surface area contributed by atoms with E-state index < -0.39 is 18.2 Å². The molecule has 1 aliphatic rings. The van der Waals surface area contributed by atoms with Gasteiger partial charge in [0.1, 0.15) is 5.82 Å². The van der Waals surface area contributed by atoms with E-state index >= 15 is 4.39 Å². The van der Waals surface area contributed by atoms with Crippen molar-refractivity contribution in [2.45, 2.75) is 45.0 Å². The predicted octanol–water partition coefficient (Wildman–Crippen LogP) is 6.46. The van der Waals surface area contributed by atoms with Crippen molar-refractivity contribution in [3.05, 3.63) is 76.9 Å². The molecule has 0 atom stereocenters. The number of alkyl halides is 2. The number of fused-ring (bicyclic) bond motifs is 1. The van der Waals surface area contributed by atoms with Crippen LogP contribution in [0.4, 0.5) is 17.6 Å². The molecule has 0 N–H and O–H groups in total. The number of ether oxygens (including phenoxy) is 4. The Bertz CT molecular complexity index is 1150. The fourth-order valence-corrected chi connectivity index (χ4v) is 4.39. The van der Waals surface area contributed by atoms with Crippen LogP contribution in [0.3, 0.4) is 0 Å². The molecule has 1 fully saturated rings. The molecule has 0 saturated carbocycles. The normalized spacial score (nSPS) is 18.2. The first-order valence-electron chi connectivity index (χ1n) is 12.1. The monoisotopic (exact) mass is 506 g/mol. The van der Waals surface area contributed by atoms with Crippen LogP contribution in [0, 0.1) is 17.6 Å². The average Bonchev–Trinajstić information content (AvgIpc) is 2.87. The SMILES string of the molecule is COCCC1COC(CCc2ccc3c(F)c(CCc4ccc(OC(F)F)c(F)c4)ccc3c2)OC1. The van der Waals surface area contributed by atoms with E-state index in [0.29, 0.717) is 55.1 Å². The van der Waals surface area contributed by atoms with E-state index in [9.17, 15) is 13.2 Å². The third-order valence-corrected chi connectivity index (χ3v) is 6.43. The molecule has 0 radical (unpaired) electrons. The first kappa shape index (κ1) is 26.4. The maximum atomic E-state index is 15.2. The van der Waals surface area contributed by atoms with Crippen LogP contribution < -0.4 is 4.74 Å². The summed E-state index contributed by atoms with van der Waals surface area (Å²) < 4.78 is 74.6. The van der Waals surface area contributed by atoms with Gasteiger partial charge in [-0.15, -0.1) is 0 Å². The zero-order chi connectivity index (χ0) is 25.5. The lowest BCUT2D eigenvalue weighted by Gasteiger charge is -2.29. The van der Waals surface area contributed by atoms with E-state index in [1.807, 2.05) is 18.2 Å². The second-order valence-corrected chi connectivity index (χ2v) is 9.02. The topological polar surface area (TPSA) is 36.9 Å². The van der Waals surface area contributed by atoms with Gasteiger partial charge in [-0.2, -0.15) is 8.78 Å². The highest BCUT2D eigenvalue weighted by molar-refractivity contribution is 5.84. The predicted molar refractivity (Wildman–Crippen MR) is 128 cm³/mol. The van der Waals surface area contributed by atoms with Crippen LogP contribution >= 0.6 is 0 Å². The quantitative estimate of drug-likeness (QED) is 0.280. The van der Waals surface area contributed by atoms with E-state index in [2.05, 4.69) is 4.74 Å². The molecule has 1 aliphatic heterocycles. The highest BCUT2D eigenvalue weighted by atomic mass is 19.3. The molecule has 4 rings (SSSR count). The molecule has 0 bridgehead atoms. The number of methoxy groups -OCH3 is 1. The first-order valence-corrected chi connectivity index (χ1v) is 12.1. The molecule has 0 unspecified atom stereocenters. The third kappa shape index (κ3) is 6.96. The fraction of sp³-hybridized carbons (Fsp3) is 0.429. The van der Waals surface area contributed by atoms with Crippen LogP contribution in [-0.4, -0.2) is 39.8 Å². The Morgan fingerprint density at radius 1 is 0.889 bits per heavy atom. The Hall–Kier alpha value is -2.68. The van der Waals surface area contributed by atoms with E-state index in [1.54, 1.807) is 19.2 Å². The average molecular weight is 507 g/mol. The molecular formula is C28H30F4O4. The smallest absolute Gasteiger partial charge is 0.387 e. The van der Waals surface area contributed by atoms with Crippen LogP contribution in [0.15, 0.2) is 48.5 Å². The van der Waals surface area contributed by atoms with E-state index in [-0.39, 0.29) is 12.1 Å². The van der Waals surface area contributed by atoms with Gasteiger partial charge in [-0.05, 0) is 59.9 Å². The van der Waals surface area contributed by atoms with Crippen molar-refractivity contribution in [1.29, 1.82) is 0 Å².